The van der Waals surface area contributed by atoms with Crippen molar-refractivity contribution in [2.24, 2.45) is 0 Å². The number of fused-ring (bicyclic) bond motifs is 1. The summed E-state index contributed by atoms with van der Waals surface area (Å²) < 4.78 is 21.9. The van der Waals surface area contributed by atoms with Crippen molar-refractivity contribution in [3.63, 3.8) is 0 Å². The summed E-state index contributed by atoms with van der Waals surface area (Å²) in [6, 6.07) is 25.3. The summed E-state index contributed by atoms with van der Waals surface area (Å²) in [5, 5.41) is 5.22. The number of nitrogens with zero attached hydrogens (tertiary/aromatic N) is 3. The molecule has 8 nitrogen and oxygen atoms in total. The lowest BCUT2D eigenvalue weighted by Gasteiger charge is -2.32. The van der Waals surface area contributed by atoms with Crippen LogP contribution in [0.1, 0.15) is 12.0 Å². The van der Waals surface area contributed by atoms with Crippen molar-refractivity contribution in [2.75, 3.05) is 43.9 Å². The second kappa shape index (κ2) is 13.3. The van der Waals surface area contributed by atoms with Crippen LogP contribution in [0.15, 0.2) is 91.1 Å². The molecule has 3 heterocycles. The Labute approximate surface area is 259 Å². The SMILES string of the molecule is CN1CCN(Cc2cccc(-c3cc4nccc(Oc5ccc(NC(=O)CC(=O)Nc6ccccc6)cc5F)c4s3)c2)CC1. The zero-order valence-electron chi connectivity index (χ0n) is 24.3. The molecule has 0 spiro atoms. The number of pyridine rings is 1. The fourth-order valence-electron chi connectivity index (χ4n) is 5.08. The van der Waals surface area contributed by atoms with Gasteiger partial charge in [-0.15, -0.1) is 11.3 Å². The Morgan fingerprint density at radius 1 is 0.864 bits per heavy atom. The van der Waals surface area contributed by atoms with Crippen LogP contribution in [0.5, 0.6) is 11.5 Å². The third-order valence-electron chi connectivity index (χ3n) is 7.40. The molecular weight excluding hydrogens is 577 g/mol. The summed E-state index contributed by atoms with van der Waals surface area (Å²) in [6.45, 7) is 5.19. The molecule has 10 heteroatoms. The van der Waals surface area contributed by atoms with E-state index in [1.807, 2.05) is 12.1 Å². The number of aromatic nitrogens is 1. The summed E-state index contributed by atoms with van der Waals surface area (Å²) in [6.07, 6.45) is 1.24. The lowest BCUT2D eigenvalue weighted by atomic mass is 10.1. The van der Waals surface area contributed by atoms with Crippen LogP contribution in [0, 0.1) is 5.82 Å². The van der Waals surface area contributed by atoms with E-state index in [9.17, 15) is 9.59 Å². The number of piperazine rings is 1. The van der Waals surface area contributed by atoms with Gasteiger partial charge in [0.05, 0.1) is 10.2 Å². The number of rotatable bonds is 9. The minimum atomic E-state index is -0.644. The summed E-state index contributed by atoms with van der Waals surface area (Å²) in [5.41, 5.74) is 3.96. The molecule has 0 bridgehead atoms. The maximum absolute atomic E-state index is 15.1. The van der Waals surface area contributed by atoms with Crippen LogP contribution >= 0.6 is 11.3 Å². The summed E-state index contributed by atoms with van der Waals surface area (Å²) >= 11 is 1.55. The number of benzene rings is 3. The molecule has 0 saturated carbocycles. The molecular formula is C34H32FN5O3S. The third-order valence-corrected chi connectivity index (χ3v) is 8.59. The van der Waals surface area contributed by atoms with Crippen molar-refractivity contribution in [2.45, 2.75) is 13.0 Å². The number of amides is 2. The van der Waals surface area contributed by atoms with Gasteiger partial charge in [-0.2, -0.15) is 0 Å². The van der Waals surface area contributed by atoms with E-state index in [0.717, 1.165) is 53.4 Å². The van der Waals surface area contributed by atoms with E-state index in [-0.39, 0.29) is 11.4 Å². The van der Waals surface area contributed by atoms with Gasteiger partial charge in [0.15, 0.2) is 11.6 Å². The largest absolute Gasteiger partial charge is 0.453 e. The Kier molecular flexibility index (Phi) is 8.92. The molecule has 2 N–H and O–H groups in total. The molecule has 0 radical (unpaired) electrons. The van der Waals surface area contributed by atoms with Crippen LogP contribution in [-0.2, 0) is 16.1 Å². The summed E-state index contributed by atoms with van der Waals surface area (Å²) in [7, 11) is 2.16. The summed E-state index contributed by atoms with van der Waals surface area (Å²) in [5.74, 6) is -1.15. The molecule has 1 aliphatic heterocycles. The monoisotopic (exact) mass is 609 g/mol. The van der Waals surface area contributed by atoms with Crippen LogP contribution in [0.3, 0.4) is 0 Å². The average Bonchev–Trinajstić information content (AvgIpc) is 3.46. The van der Waals surface area contributed by atoms with Crippen LogP contribution in [0.25, 0.3) is 20.7 Å². The molecule has 1 fully saturated rings. The standard InChI is InChI=1S/C34H32FN5O3S/c1-39-14-16-40(17-15-39)22-23-6-5-7-24(18-23)31-20-28-34(44-31)30(12-13-36-28)43-29-11-10-26(19-27(29)35)38-33(42)21-32(41)37-25-8-3-2-4-9-25/h2-13,18-20H,14-17,21-22H2,1H3,(H,37,41)(H,38,42). The Morgan fingerprint density at radius 2 is 1.64 bits per heavy atom. The Morgan fingerprint density at radius 3 is 2.41 bits per heavy atom. The molecule has 224 valence electrons. The Bertz CT molecular complexity index is 1790. The molecule has 0 atom stereocenters. The first-order valence-corrected chi connectivity index (χ1v) is 15.2. The van der Waals surface area contributed by atoms with E-state index in [1.54, 1.807) is 47.9 Å². The molecule has 3 aromatic carbocycles. The highest BCUT2D eigenvalue weighted by atomic mass is 32.1. The van der Waals surface area contributed by atoms with Crippen molar-refractivity contribution in [1.29, 1.82) is 0 Å². The highest BCUT2D eigenvalue weighted by molar-refractivity contribution is 7.22. The number of ether oxygens (including phenoxy) is 1. The minimum absolute atomic E-state index is 0.0152. The zero-order valence-corrected chi connectivity index (χ0v) is 25.1. The van der Waals surface area contributed by atoms with Crippen molar-refractivity contribution < 1.29 is 18.7 Å². The van der Waals surface area contributed by atoms with Gasteiger partial charge in [0.1, 0.15) is 12.2 Å². The van der Waals surface area contributed by atoms with Gasteiger partial charge in [-0.25, -0.2) is 4.39 Å². The van der Waals surface area contributed by atoms with E-state index < -0.39 is 24.1 Å². The number of carbonyl (C=O) groups is 2. The van der Waals surface area contributed by atoms with Crippen LogP contribution in [0.4, 0.5) is 15.8 Å². The van der Waals surface area contributed by atoms with E-state index in [1.165, 1.54) is 23.8 Å². The van der Waals surface area contributed by atoms with Crippen LogP contribution in [-0.4, -0.2) is 59.8 Å². The average molecular weight is 610 g/mol. The van der Waals surface area contributed by atoms with Gasteiger partial charge in [0.2, 0.25) is 11.8 Å². The number of para-hydroxylation sites is 1. The van der Waals surface area contributed by atoms with Crippen LogP contribution < -0.4 is 15.4 Å². The Hall–Kier alpha value is -4.64. The second-order valence-corrected chi connectivity index (χ2v) is 11.9. The number of hydrogen-bond acceptors (Lipinski definition) is 7. The lowest BCUT2D eigenvalue weighted by Crippen LogP contribution is -2.43. The number of nitrogens with one attached hydrogen (secondary N) is 2. The molecule has 6 rings (SSSR count). The maximum atomic E-state index is 15.1. The highest BCUT2D eigenvalue weighted by Crippen LogP contribution is 2.40. The lowest BCUT2D eigenvalue weighted by molar-refractivity contribution is -0.123. The number of carbonyl (C=O) groups excluding carboxylic acids is 2. The first kappa shape index (κ1) is 29.4. The minimum Gasteiger partial charge on any atom is -0.453 e. The molecule has 44 heavy (non-hydrogen) atoms. The van der Waals surface area contributed by atoms with E-state index >= 15 is 4.39 Å². The van der Waals surface area contributed by atoms with Crippen molar-refractivity contribution >= 4 is 44.7 Å². The molecule has 0 unspecified atom stereocenters. The summed E-state index contributed by atoms with van der Waals surface area (Å²) in [4.78, 5) is 34.9. The van der Waals surface area contributed by atoms with E-state index in [4.69, 9.17) is 4.74 Å². The molecule has 5 aromatic rings. The molecule has 0 aliphatic carbocycles. The number of likely N-dealkylation sites (N-methyl/N-ethyl adjacent to an activating group) is 1. The molecule has 1 saturated heterocycles. The van der Waals surface area contributed by atoms with Gasteiger partial charge >= 0.3 is 0 Å². The highest BCUT2D eigenvalue weighted by Gasteiger charge is 2.17. The van der Waals surface area contributed by atoms with Gasteiger partial charge in [-0.3, -0.25) is 19.5 Å². The van der Waals surface area contributed by atoms with E-state index in [0.29, 0.717) is 11.4 Å². The predicted octanol–water partition coefficient (Wildman–Crippen LogP) is 6.61. The molecule has 2 amide bonds. The van der Waals surface area contributed by atoms with Gasteiger partial charge in [-0.1, -0.05) is 36.4 Å². The van der Waals surface area contributed by atoms with E-state index in [2.05, 4.69) is 56.7 Å². The second-order valence-electron chi connectivity index (χ2n) is 10.8. The van der Waals surface area contributed by atoms with Crippen molar-refractivity contribution in [3.8, 4) is 21.9 Å². The zero-order chi connectivity index (χ0) is 30.5. The number of halogens is 1. The normalized spacial score (nSPS) is 14.0. The smallest absolute Gasteiger partial charge is 0.233 e. The molecule has 1 aliphatic rings. The first-order valence-electron chi connectivity index (χ1n) is 14.4. The third kappa shape index (κ3) is 7.28. The van der Waals surface area contributed by atoms with Gasteiger partial charge in [0.25, 0.3) is 0 Å². The maximum Gasteiger partial charge on any atom is 0.233 e. The number of anilines is 2. The van der Waals surface area contributed by atoms with Crippen LogP contribution in [0.2, 0.25) is 0 Å². The number of thiophene rings is 1. The van der Waals surface area contributed by atoms with Gasteiger partial charge < -0.3 is 20.3 Å². The number of hydrogen-bond donors (Lipinski definition) is 2. The first-order chi connectivity index (χ1) is 21.4. The molecule has 2 aromatic heterocycles. The topological polar surface area (TPSA) is 86.8 Å². The quantitative estimate of drug-likeness (QED) is 0.183. The van der Waals surface area contributed by atoms with Crippen molar-refractivity contribution in [1.82, 2.24) is 14.8 Å². The van der Waals surface area contributed by atoms with Gasteiger partial charge in [0, 0.05) is 67.3 Å². The fourth-order valence-corrected chi connectivity index (χ4v) is 6.14. The van der Waals surface area contributed by atoms with Crippen molar-refractivity contribution in [3.05, 3.63) is 103 Å². The fraction of sp³-hybridized carbons (Fsp3) is 0.206. The Balaban J connectivity index is 1.12. The predicted molar refractivity (Wildman–Crippen MR) is 173 cm³/mol. The van der Waals surface area contributed by atoms with Gasteiger partial charge in [-0.05, 0) is 54.6 Å².